The molecule has 0 fully saturated rings. The van der Waals surface area contributed by atoms with Crippen LogP contribution in [0.15, 0.2) is 53.9 Å². The Hall–Kier alpha value is -2.53. The minimum Gasteiger partial charge on any atom is -0.497 e. The lowest BCUT2D eigenvalue weighted by Crippen LogP contribution is -2.06. The third-order valence-corrected chi connectivity index (χ3v) is 4.68. The molecule has 1 heterocycles. The fourth-order valence-corrected chi connectivity index (χ4v) is 3.34. The van der Waals surface area contributed by atoms with Crippen molar-refractivity contribution in [2.75, 3.05) is 20.0 Å². The number of methoxy groups -OCH3 is 2. The van der Waals surface area contributed by atoms with E-state index in [1.807, 2.05) is 29.6 Å². The summed E-state index contributed by atoms with van der Waals surface area (Å²) in [4.78, 5) is 4.50. The largest absolute Gasteiger partial charge is 0.497 e. The first kappa shape index (κ1) is 16.3. The van der Waals surface area contributed by atoms with Crippen LogP contribution in [0.2, 0.25) is 0 Å². The maximum atomic E-state index is 5.85. The smallest absolute Gasteiger partial charge is 0.180 e. The lowest BCUT2D eigenvalue weighted by atomic mass is 9.89. The van der Waals surface area contributed by atoms with Crippen molar-refractivity contribution in [2.45, 2.75) is 12.3 Å². The lowest BCUT2D eigenvalue weighted by Gasteiger charge is -2.16. The van der Waals surface area contributed by atoms with Gasteiger partial charge in [0.15, 0.2) is 5.13 Å². The van der Waals surface area contributed by atoms with Gasteiger partial charge in [-0.1, -0.05) is 24.3 Å². The maximum absolute atomic E-state index is 5.85. The highest BCUT2D eigenvalue weighted by molar-refractivity contribution is 7.13. The zero-order chi connectivity index (χ0) is 16.9. The van der Waals surface area contributed by atoms with Gasteiger partial charge >= 0.3 is 0 Å². The number of nitrogen functional groups attached to an aromatic ring is 1. The van der Waals surface area contributed by atoms with E-state index in [0.29, 0.717) is 5.13 Å². The number of benzene rings is 2. The zero-order valence-electron chi connectivity index (χ0n) is 13.7. The van der Waals surface area contributed by atoms with E-state index in [1.165, 1.54) is 22.5 Å². The van der Waals surface area contributed by atoms with Crippen LogP contribution in [-0.2, 0) is 6.42 Å². The highest BCUT2D eigenvalue weighted by atomic mass is 32.1. The molecule has 0 bridgehead atoms. The Balaban J connectivity index is 1.94. The van der Waals surface area contributed by atoms with Crippen LogP contribution in [-0.4, -0.2) is 19.2 Å². The summed E-state index contributed by atoms with van der Waals surface area (Å²) >= 11 is 1.47. The summed E-state index contributed by atoms with van der Waals surface area (Å²) in [5.41, 5.74) is 9.22. The lowest BCUT2D eigenvalue weighted by molar-refractivity contribution is 0.414. The molecular weight excluding hydrogens is 320 g/mol. The maximum Gasteiger partial charge on any atom is 0.180 e. The Kier molecular flexibility index (Phi) is 5.01. The Morgan fingerprint density at radius 1 is 1.04 bits per heavy atom. The van der Waals surface area contributed by atoms with Crippen molar-refractivity contribution < 1.29 is 9.47 Å². The molecule has 0 aliphatic rings. The summed E-state index contributed by atoms with van der Waals surface area (Å²) in [6, 6.07) is 16.2. The predicted octanol–water partition coefficient (Wildman–Crippen LogP) is 4.12. The molecule has 1 unspecified atom stereocenters. The summed E-state index contributed by atoms with van der Waals surface area (Å²) in [6.45, 7) is 0. The predicted molar refractivity (Wildman–Crippen MR) is 98.1 cm³/mol. The van der Waals surface area contributed by atoms with Gasteiger partial charge in [-0.3, -0.25) is 0 Å². The normalized spacial score (nSPS) is 11.9. The summed E-state index contributed by atoms with van der Waals surface area (Å²) < 4.78 is 10.6. The highest BCUT2D eigenvalue weighted by Crippen LogP contribution is 2.32. The molecule has 3 rings (SSSR count). The highest BCUT2D eigenvalue weighted by Gasteiger charge is 2.18. The summed E-state index contributed by atoms with van der Waals surface area (Å²) in [7, 11) is 3.35. The Labute approximate surface area is 145 Å². The SMILES string of the molecule is COc1ccc(C(Cc2cccc(OC)c2)c2csc(N)n2)cc1. The first-order valence-electron chi connectivity index (χ1n) is 7.67. The molecule has 2 N–H and O–H groups in total. The first-order valence-corrected chi connectivity index (χ1v) is 8.55. The van der Waals surface area contributed by atoms with Crippen LogP contribution >= 0.6 is 11.3 Å². The number of ether oxygens (including phenoxy) is 2. The van der Waals surface area contributed by atoms with Gasteiger partial charge in [0.2, 0.25) is 0 Å². The quantitative estimate of drug-likeness (QED) is 0.733. The second kappa shape index (κ2) is 7.36. The van der Waals surface area contributed by atoms with E-state index >= 15 is 0 Å². The van der Waals surface area contributed by atoms with Crippen molar-refractivity contribution in [3.63, 3.8) is 0 Å². The molecule has 0 spiro atoms. The Morgan fingerprint density at radius 2 is 1.79 bits per heavy atom. The van der Waals surface area contributed by atoms with Gasteiger partial charge in [-0.25, -0.2) is 4.98 Å². The van der Waals surface area contributed by atoms with Crippen molar-refractivity contribution in [2.24, 2.45) is 0 Å². The monoisotopic (exact) mass is 340 g/mol. The third kappa shape index (κ3) is 3.68. The van der Waals surface area contributed by atoms with Crippen LogP contribution in [0.1, 0.15) is 22.7 Å². The minimum atomic E-state index is 0.136. The number of hydrogen-bond donors (Lipinski definition) is 1. The molecule has 24 heavy (non-hydrogen) atoms. The van der Waals surface area contributed by atoms with Crippen LogP contribution in [0.3, 0.4) is 0 Å². The summed E-state index contributed by atoms with van der Waals surface area (Å²) in [5, 5.41) is 2.62. The number of thiazole rings is 1. The molecule has 0 amide bonds. The van der Waals surface area contributed by atoms with Crippen molar-refractivity contribution >= 4 is 16.5 Å². The van der Waals surface area contributed by atoms with Gasteiger partial charge in [-0.05, 0) is 41.8 Å². The number of rotatable bonds is 6. The van der Waals surface area contributed by atoms with Gasteiger partial charge in [-0.15, -0.1) is 11.3 Å². The standard InChI is InChI=1S/C19H20N2O2S/c1-22-15-8-6-14(7-9-15)17(18-12-24-19(20)21-18)11-13-4-3-5-16(10-13)23-2/h3-10,12,17H,11H2,1-2H3,(H2,20,21). The summed E-state index contributed by atoms with van der Waals surface area (Å²) in [6.07, 6.45) is 0.826. The molecule has 1 atom stereocenters. The first-order chi connectivity index (χ1) is 11.7. The molecule has 5 heteroatoms. The van der Waals surface area contributed by atoms with Crippen molar-refractivity contribution in [1.82, 2.24) is 4.98 Å². The number of anilines is 1. The molecule has 3 aromatic rings. The minimum absolute atomic E-state index is 0.136. The van der Waals surface area contributed by atoms with Crippen molar-refractivity contribution in [3.05, 3.63) is 70.7 Å². The Morgan fingerprint density at radius 3 is 2.42 bits per heavy atom. The molecule has 0 saturated heterocycles. The van der Waals surface area contributed by atoms with Crippen molar-refractivity contribution in [1.29, 1.82) is 0 Å². The molecule has 0 aliphatic heterocycles. The molecule has 0 saturated carbocycles. The molecular formula is C19H20N2O2S. The Bertz CT molecular complexity index is 799. The number of nitrogens with two attached hydrogens (primary N) is 1. The van der Waals surface area contributed by atoms with E-state index in [2.05, 4.69) is 29.2 Å². The fourth-order valence-electron chi connectivity index (χ4n) is 2.73. The molecule has 0 aliphatic carbocycles. The van der Waals surface area contributed by atoms with E-state index in [1.54, 1.807) is 14.2 Å². The van der Waals surface area contributed by atoms with Gasteiger partial charge in [0.25, 0.3) is 0 Å². The van der Waals surface area contributed by atoms with Gasteiger partial charge in [0.1, 0.15) is 11.5 Å². The van der Waals surface area contributed by atoms with Crippen LogP contribution in [0.25, 0.3) is 0 Å². The van der Waals surface area contributed by atoms with E-state index in [-0.39, 0.29) is 5.92 Å². The average molecular weight is 340 g/mol. The van der Waals surface area contributed by atoms with Gasteiger partial charge in [0.05, 0.1) is 19.9 Å². The zero-order valence-corrected chi connectivity index (χ0v) is 14.5. The molecule has 0 radical (unpaired) electrons. The van der Waals surface area contributed by atoms with Crippen LogP contribution in [0.4, 0.5) is 5.13 Å². The number of hydrogen-bond acceptors (Lipinski definition) is 5. The van der Waals surface area contributed by atoms with Crippen LogP contribution < -0.4 is 15.2 Å². The molecule has 2 aromatic carbocycles. The topological polar surface area (TPSA) is 57.4 Å². The van der Waals surface area contributed by atoms with Crippen LogP contribution in [0.5, 0.6) is 11.5 Å². The van der Waals surface area contributed by atoms with E-state index in [9.17, 15) is 0 Å². The van der Waals surface area contributed by atoms with Gasteiger partial charge in [0, 0.05) is 11.3 Å². The fraction of sp³-hybridized carbons (Fsp3) is 0.211. The van der Waals surface area contributed by atoms with E-state index in [4.69, 9.17) is 15.2 Å². The van der Waals surface area contributed by atoms with Crippen LogP contribution in [0, 0.1) is 0 Å². The van der Waals surface area contributed by atoms with E-state index in [0.717, 1.165) is 23.6 Å². The van der Waals surface area contributed by atoms with Gasteiger partial charge < -0.3 is 15.2 Å². The molecule has 1 aromatic heterocycles. The van der Waals surface area contributed by atoms with E-state index < -0.39 is 0 Å². The number of aromatic nitrogens is 1. The molecule has 124 valence electrons. The number of nitrogens with zero attached hydrogens (tertiary/aromatic N) is 1. The second-order valence-corrected chi connectivity index (χ2v) is 6.38. The average Bonchev–Trinajstić information content (AvgIpc) is 3.06. The second-order valence-electron chi connectivity index (χ2n) is 5.49. The third-order valence-electron chi connectivity index (χ3n) is 3.99. The summed E-state index contributed by atoms with van der Waals surface area (Å²) in [5.74, 6) is 1.84. The van der Waals surface area contributed by atoms with Gasteiger partial charge in [-0.2, -0.15) is 0 Å². The van der Waals surface area contributed by atoms with Crippen molar-refractivity contribution in [3.8, 4) is 11.5 Å². The molecule has 4 nitrogen and oxygen atoms in total.